The van der Waals surface area contributed by atoms with Gasteiger partial charge in [-0.15, -0.1) is 5.10 Å². The Labute approximate surface area is 116 Å². The number of fused-ring (bicyclic) bond motifs is 1. The summed E-state index contributed by atoms with van der Waals surface area (Å²) in [7, 11) is 1.59. The molecule has 0 radical (unpaired) electrons. The average molecular weight is 269 g/mol. The van der Waals surface area contributed by atoms with Crippen LogP contribution >= 0.6 is 0 Å². The normalized spacial score (nSPS) is 12.6. The van der Waals surface area contributed by atoms with Crippen molar-refractivity contribution in [3.63, 3.8) is 0 Å². The van der Waals surface area contributed by atoms with Gasteiger partial charge in [-0.2, -0.15) is 0 Å². The van der Waals surface area contributed by atoms with Crippen LogP contribution in [-0.4, -0.2) is 27.2 Å². The molecule has 0 unspecified atom stereocenters. The lowest BCUT2D eigenvalue weighted by molar-refractivity contribution is 0.194. The van der Waals surface area contributed by atoms with Crippen LogP contribution in [0.1, 0.15) is 18.6 Å². The van der Waals surface area contributed by atoms with Gasteiger partial charge in [0, 0.05) is 5.56 Å². The van der Waals surface area contributed by atoms with Crippen LogP contribution in [0.3, 0.4) is 0 Å². The summed E-state index contributed by atoms with van der Waals surface area (Å²) in [5.41, 5.74) is 3.17. The summed E-state index contributed by atoms with van der Waals surface area (Å²) in [4.78, 5) is 0. The molecule has 3 rings (SSSR count). The predicted octanol–water partition coefficient (Wildman–Crippen LogP) is 2.48. The Kier molecular flexibility index (Phi) is 3.12. The zero-order valence-corrected chi connectivity index (χ0v) is 11.3. The van der Waals surface area contributed by atoms with E-state index in [-0.39, 0.29) is 0 Å². The lowest BCUT2D eigenvalue weighted by Gasteiger charge is -2.16. The van der Waals surface area contributed by atoms with Crippen LogP contribution in [0.25, 0.3) is 16.7 Å². The van der Waals surface area contributed by atoms with Crippen molar-refractivity contribution in [3.05, 3.63) is 48.0 Å². The average Bonchev–Trinajstić information content (AvgIpc) is 2.90. The van der Waals surface area contributed by atoms with Crippen molar-refractivity contribution >= 4 is 11.0 Å². The molecule has 0 aliphatic heterocycles. The highest BCUT2D eigenvalue weighted by Crippen LogP contribution is 2.31. The molecule has 102 valence electrons. The Bertz CT molecular complexity index is 750. The number of hydrogen-bond donors (Lipinski definition) is 1. The molecule has 1 aromatic heterocycles. The summed E-state index contributed by atoms with van der Waals surface area (Å²) in [6.07, 6.45) is -0.663. The van der Waals surface area contributed by atoms with Crippen LogP contribution in [0.15, 0.2) is 42.5 Å². The topological polar surface area (TPSA) is 60.2 Å². The zero-order chi connectivity index (χ0) is 14.1. The number of aliphatic hydroxyl groups excluding tert-OH is 1. The maximum atomic E-state index is 10.0. The van der Waals surface area contributed by atoms with Gasteiger partial charge in [0.1, 0.15) is 11.3 Å². The lowest BCUT2D eigenvalue weighted by Crippen LogP contribution is -2.06. The Morgan fingerprint density at radius 1 is 1.15 bits per heavy atom. The van der Waals surface area contributed by atoms with Crippen molar-refractivity contribution in [2.75, 3.05) is 7.11 Å². The molecule has 1 heterocycles. The molecular weight excluding hydrogens is 254 g/mol. The largest absolute Gasteiger partial charge is 0.496 e. The van der Waals surface area contributed by atoms with E-state index in [0.29, 0.717) is 11.3 Å². The van der Waals surface area contributed by atoms with E-state index >= 15 is 0 Å². The van der Waals surface area contributed by atoms with E-state index in [4.69, 9.17) is 4.74 Å². The molecule has 0 aliphatic rings. The predicted molar refractivity (Wildman–Crippen MR) is 76.1 cm³/mol. The minimum atomic E-state index is -0.663. The van der Waals surface area contributed by atoms with Gasteiger partial charge in [0.15, 0.2) is 0 Å². The number of benzene rings is 2. The smallest absolute Gasteiger partial charge is 0.126 e. The minimum Gasteiger partial charge on any atom is -0.496 e. The van der Waals surface area contributed by atoms with Crippen molar-refractivity contribution in [3.8, 4) is 11.4 Å². The van der Waals surface area contributed by atoms with Gasteiger partial charge in [0.05, 0.1) is 24.4 Å². The highest BCUT2D eigenvalue weighted by atomic mass is 16.5. The van der Waals surface area contributed by atoms with Crippen LogP contribution in [0.4, 0.5) is 0 Å². The first kappa shape index (κ1) is 12.6. The van der Waals surface area contributed by atoms with E-state index in [1.54, 1.807) is 18.7 Å². The second kappa shape index (κ2) is 4.94. The third-order valence-corrected chi connectivity index (χ3v) is 3.26. The molecule has 0 aliphatic carbocycles. The highest BCUT2D eigenvalue weighted by molar-refractivity contribution is 5.76. The number of para-hydroxylation sites is 1. The summed E-state index contributed by atoms with van der Waals surface area (Å²) in [6, 6.07) is 13.3. The fourth-order valence-corrected chi connectivity index (χ4v) is 2.36. The molecule has 3 aromatic rings. The first-order valence-electron chi connectivity index (χ1n) is 6.38. The number of aromatic nitrogens is 3. The van der Waals surface area contributed by atoms with E-state index in [9.17, 15) is 5.11 Å². The number of rotatable bonds is 3. The van der Waals surface area contributed by atoms with Gasteiger partial charge in [-0.25, -0.2) is 4.68 Å². The Morgan fingerprint density at radius 2 is 1.95 bits per heavy atom. The van der Waals surface area contributed by atoms with E-state index in [0.717, 1.165) is 16.7 Å². The number of aliphatic hydroxyl groups is 1. The maximum Gasteiger partial charge on any atom is 0.126 e. The van der Waals surface area contributed by atoms with Gasteiger partial charge in [-0.05, 0) is 31.2 Å². The van der Waals surface area contributed by atoms with Crippen LogP contribution in [0.2, 0.25) is 0 Å². The van der Waals surface area contributed by atoms with Crippen molar-refractivity contribution < 1.29 is 9.84 Å². The van der Waals surface area contributed by atoms with Crippen LogP contribution in [0, 0.1) is 0 Å². The minimum absolute atomic E-state index is 0.636. The highest BCUT2D eigenvalue weighted by Gasteiger charge is 2.17. The molecule has 0 amide bonds. The summed E-state index contributed by atoms with van der Waals surface area (Å²) in [6.45, 7) is 1.71. The Hall–Kier alpha value is -2.40. The molecule has 1 N–H and O–H groups in total. The SMILES string of the molecule is COc1cccc(-n2nnc3ccccc32)c1[C@@H](C)O. The van der Waals surface area contributed by atoms with Crippen LogP contribution in [-0.2, 0) is 0 Å². The van der Waals surface area contributed by atoms with Gasteiger partial charge < -0.3 is 9.84 Å². The van der Waals surface area contributed by atoms with Gasteiger partial charge >= 0.3 is 0 Å². The van der Waals surface area contributed by atoms with Gasteiger partial charge in [-0.3, -0.25) is 0 Å². The number of ether oxygens (including phenoxy) is 1. The number of nitrogens with zero attached hydrogens (tertiary/aromatic N) is 3. The molecule has 0 saturated heterocycles. The van der Waals surface area contributed by atoms with E-state index < -0.39 is 6.10 Å². The Morgan fingerprint density at radius 3 is 2.70 bits per heavy atom. The maximum absolute atomic E-state index is 10.0. The molecule has 0 bridgehead atoms. The summed E-state index contributed by atoms with van der Waals surface area (Å²) in [5, 5.41) is 18.4. The van der Waals surface area contributed by atoms with Crippen molar-refractivity contribution in [1.29, 1.82) is 0 Å². The quantitative estimate of drug-likeness (QED) is 0.793. The van der Waals surface area contributed by atoms with E-state index in [2.05, 4.69) is 10.3 Å². The first-order valence-corrected chi connectivity index (χ1v) is 6.38. The summed E-state index contributed by atoms with van der Waals surface area (Å²) in [5.74, 6) is 0.636. The zero-order valence-electron chi connectivity index (χ0n) is 11.3. The second-order valence-corrected chi connectivity index (χ2v) is 4.56. The summed E-state index contributed by atoms with van der Waals surface area (Å²) >= 11 is 0. The van der Waals surface area contributed by atoms with Crippen molar-refractivity contribution in [1.82, 2.24) is 15.0 Å². The fourth-order valence-electron chi connectivity index (χ4n) is 2.36. The van der Waals surface area contributed by atoms with Crippen LogP contribution < -0.4 is 4.74 Å². The van der Waals surface area contributed by atoms with Crippen molar-refractivity contribution in [2.24, 2.45) is 0 Å². The third-order valence-electron chi connectivity index (χ3n) is 3.26. The standard InChI is InChI=1S/C15H15N3O2/c1-10(19)15-13(8-5-9-14(15)20-2)18-12-7-4-3-6-11(12)16-17-18/h3-10,19H,1-2H3/t10-/m1/s1. The molecule has 0 fully saturated rings. The molecule has 0 saturated carbocycles. The molecule has 20 heavy (non-hydrogen) atoms. The van der Waals surface area contributed by atoms with Crippen molar-refractivity contribution in [2.45, 2.75) is 13.0 Å². The second-order valence-electron chi connectivity index (χ2n) is 4.56. The summed E-state index contributed by atoms with van der Waals surface area (Å²) < 4.78 is 7.06. The van der Waals surface area contributed by atoms with E-state index in [1.807, 2.05) is 42.5 Å². The molecule has 5 nitrogen and oxygen atoms in total. The van der Waals surface area contributed by atoms with Crippen LogP contribution in [0.5, 0.6) is 5.75 Å². The molecular formula is C15H15N3O2. The number of methoxy groups -OCH3 is 1. The van der Waals surface area contributed by atoms with Gasteiger partial charge in [0.2, 0.25) is 0 Å². The monoisotopic (exact) mass is 269 g/mol. The molecule has 1 atom stereocenters. The molecule has 0 spiro atoms. The third kappa shape index (κ3) is 1.92. The first-order chi connectivity index (χ1) is 9.72. The Balaban J connectivity index is 2.29. The molecule has 5 heteroatoms. The fraction of sp³-hybridized carbons (Fsp3) is 0.200. The van der Waals surface area contributed by atoms with Gasteiger partial charge in [0.25, 0.3) is 0 Å². The number of hydrogen-bond acceptors (Lipinski definition) is 4. The molecule has 2 aromatic carbocycles. The van der Waals surface area contributed by atoms with E-state index in [1.165, 1.54) is 0 Å². The lowest BCUT2D eigenvalue weighted by atomic mass is 10.1. The van der Waals surface area contributed by atoms with Gasteiger partial charge in [-0.1, -0.05) is 23.4 Å².